The standard InChI is InChI=1S/C18H18Cl2N2O3/c1-25-7-3-6-21-17(23)12-4-2-5-16(10-12)22-18(24)13-8-14(19)11-15(20)9-13/h2,4-5,8-11H,3,6-7H2,1H3,(H,21,23)(H,22,24). The molecule has 0 spiro atoms. The van der Waals surface area contributed by atoms with Crippen LogP contribution in [0.1, 0.15) is 27.1 Å². The molecule has 2 aromatic carbocycles. The highest BCUT2D eigenvalue weighted by molar-refractivity contribution is 6.35. The number of hydrogen-bond acceptors (Lipinski definition) is 3. The van der Waals surface area contributed by atoms with Crippen LogP contribution in [0.2, 0.25) is 10.0 Å². The van der Waals surface area contributed by atoms with Crippen molar-refractivity contribution in [2.75, 3.05) is 25.6 Å². The molecule has 0 heterocycles. The molecule has 2 aromatic rings. The van der Waals surface area contributed by atoms with Crippen LogP contribution >= 0.6 is 23.2 Å². The molecule has 132 valence electrons. The lowest BCUT2D eigenvalue weighted by Crippen LogP contribution is -2.25. The van der Waals surface area contributed by atoms with E-state index in [0.29, 0.717) is 40.0 Å². The molecule has 7 heteroatoms. The molecule has 0 bridgehead atoms. The van der Waals surface area contributed by atoms with Crippen molar-refractivity contribution in [2.24, 2.45) is 0 Å². The van der Waals surface area contributed by atoms with Crippen LogP contribution in [0.3, 0.4) is 0 Å². The summed E-state index contributed by atoms with van der Waals surface area (Å²) >= 11 is 11.8. The molecule has 2 rings (SSSR count). The van der Waals surface area contributed by atoms with E-state index in [9.17, 15) is 9.59 Å². The minimum absolute atomic E-state index is 0.210. The molecular weight excluding hydrogens is 363 g/mol. The first-order valence-electron chi connectivity index (χ1n) is 7.64. The van der Waals surface area contributed by atoms with Crippen LogP contribution in [0, 0.1) is 0 Å². The van der Waals surface area contributed by atoms with Gasteiger partial charge in [0.05, 0.1) is 0 Å². The van der Waals surface area contributed by atoms with Gasteiger partial charge in [0.1, 0.15) is 0 Å². The van der Waals surface area contributed by atoms with Gasteiger partial charge in [-0.1, -0.05) is 29.3 Å². The Morgan fingerprint density at radius 2 is 1.72 bits per heavy atom. The van der Waals surface area contributed by atoms with Gasteiger partial charge >= 0.3 is 0 Å². The summed E-state index contributed by atoms with van der Waals surface area (Å²) in [5.41, 5.74) is 1.30. The molecule has 0 radical (unpaired) electrons. The lowest BCUT2D eigenvalue weighted by atomic mass is 10.1. The third kappa shape index (κ3) is 6.05. The van der Waals surface area contributed by atoms with Crippen molar-refractivity contribution in [2.45, 2.75) is 6.42 Å². The molecule has 0 saturated heterocycles. The Hall–Kier alpha value is -2.08. The Bertz CT molecular complexity index is 745. The van der Waals surface area contributed by atoms with Crippen molar-refractivity contribution in [1.82, 2.24) is 5.32 Å². The highest BCUT2D eigenvalue weighted by Gasteiger charge is 2.10. The van der Waals surface area contributed by atoms with Gasteiger partial charge in [-0.3, -0.25) is 9.59 Å². The Kier molecular flexibility index (Phi) is 7.25. The van der Waals surface area contributed by atoms with Crippen LogP contribution in [-0.2, 0) is 4.74 Å². The van der Waals surface area contributed by atoms with E-state index in [0.717, 1.165) is 6.42 Å². The first kappa shape index (κ1) is 19.2. The van der Waals surface area contributed by atoms with Crippen molar-refractivity contribution < 1.29 is 14.3 Å². The molecule has 0 aromatic heterocycles. The van der Waals surface area contributed by atoms with E-state index in [2.05, 4.69) is 10.6 Å². The molecule has 0 fully saturated rings. The summed E-state index contributed by atoms with van der Waals surface area (Å²) in [5.74, 6) is -0.569. The summed E-state index contributed by atoms with van der Waals surface area (Å²) < 4.78 is 4.93. The molecule has 0 atom stereocenters. The largest absolute Gasteiger partial charge is 0.385 e. The van der Waals surface area contributed by atoms with E-state index in [1.165, 1.54) is 12.1 Å². The summed E-state index contributed by atoms with van der Waals surface area (Å²) in [4.78, 5) is 24.4. The zero-order valence-electron chi connectivity index (χ0n) is 13.6. The van der Waals surface area contributed by atoms with Gasteiger partial charge in [0, 0.05) is 47.1 Å². The second kappa shape index (κ2) is 9.42. The zero-order chi connectivity index (χ0) is 18.2. The highest BCUT2D eigenvalue weighted by Crippen LogP contribution is 2.20. The van der Waals surface area contributed by atoms with Gasteiger partial charge in [0.15, 0.2) is 0 Å². The first-order chi connectivity index (χ1) is 12.0. The summed E-state index contributed by atoms with van der Waals surface area (Å²) in [6.45, 7) is 1.10. The Morgan fingerprint density at radius 3 is 2.40 bits per heavy atom. The molecule has 0 aliphatic heterocycles. The van der Waals surface area contributed by atoms with E-state index in [1.807, 2.05) is 0 Å². The molecule has 0 unspecified atom stereocenters. The second-order valence-corrected chi connectivity index (χ2v) is 6.17. The van der Waals surface area contributed by atoms with E-state index in [-0.39, 0.29) is 11.8 Å². The number of nitrogens with one attached hydrogen (secondary N) is 2. The normalized spacial score (nSPS) is 10.4. The monoisotopic (exact) mass is 380 g/mol. The third-order valence-electron chi connectivity index (χ3n) is 3.32. The van der Waals surface area contributed by atoms with Gasteiger partial charge in [-0.2, -0.15) is 0 Å². The van der Waals surface area contributed by atoms with Gasteiger partial charge in [-0.15, -0.1) is 0 Å². The molecular formula is C18H18Cl2N2O3. The number of benzene rings is 2. The first-order valence-corrected chi connectivity index (χ1v) is 8.40. The van der Waals surface area contributed by atoms with Crippen molar-refractivity contribution in [1.29, 1.82) is 0 Å². The lowest BCUT2D eigenvalue weighted by Gasteiger charge is -2.09. The minimum atomic E-state index is -0.359. The van der Waals surface area contributed by atoms with Crippen molar-refractivity contribution in [3.8, 4) is 0 Å². The molecule has 2 amide bonds. The number of methoxy groups -OCH3 is 1. The average Bonchev–Trinajstić information content (AvgIpc) is 2.58. The van der Waals surface area contributed by atoms with Crippen molar-refractivity contribution >= 4 is 40.7 Å². The van der Waals surface area contributed by atoms with Crippen LogP contribution in [-0.4, -0.2) is 32.1 Å². The van der Waals surface area contributed by atoms with E-state index >= 15 is 0 Å². The van der Waals surface area contributed by atoms with Crippen molar-refractivity contribution in [3.05, 3.63) is 63.6 Å². The number of hydrogen-bond donors (Lipinski definition) is 2. The molecule has 25 heavy (non-hydrogen) atoms. The molecule has 0 saturated carbocycles. The molecule has 5 nitrogen and oxygen atoms in total. The maximum absolute atomic E-state index is 12.3. The number of carbonyl (C=O) groups is 2. The number of carbonyl (C=O) groups excluding carboxylic acids is 2. The fraction of sp³-hybridized carbons (Fsp3) is 0.222. The quantitative estimate of drug-likeness (QED) is 0.712. The van der Waals surface area contributed by atoms with Gasteiger partial charge < -0.3 is 15.4 Å². The highest BCUT2D eigenvalue weighted by atomic mass is 35.5. The summed E-state index contributed by atoms with van der Waals surface area (Å²) in [5, 5.41) is 6.28. The van der Waals surface area contributed by atoms with Crippen LogP contribution in [0.4, 0.5) is 5.69 Å². The fourth-order valence-corrected chi connectivity index (χ4v) is 2.67. The molecule has 0 aliphatic rings. The molecule has 0 aliphatic carbocycles. The topological polar surface area (TPSA) is 67.4 Å². The van der Waals surface area contributed by atoms with Crippen LogP contribution in [0.25, 0.3) is 0 Å². The van der Waals surface area contributed by atoms with Crippen molar-refractivity contribution in [3.63, 3.8) is 0 Å². The smallest absolute Gasteiger partial charge is 0.255 e. The van der Waals surface area contributed by atoms with E-state index < -0.39 is 0 Å². The van der Waals surface area contributed by atoms with Gasteiger partial charge in [0.2, 0.25) is 0 Å². The summed E-state index contributed by atoms with van der Waals surface area (Å²) in [6.07, 6.45) is 0.730. The van der Waals surface area contributed by atoms with E-state index in [4.69, 9.17) is 27.9 Å². The Morgan fingerprint density at radius 1 is 1.00 bits per heavy atom. The van der Waals surface area contributed by atoms with Crippen LogP contribution < -0.4 is 10.6 Å². The maximum Gasteiger partial charge on any atom is 0.255 e. The second-order valence-electron chi connectivity index (χ2n) is 5.30. The zero-order valence-corrected chi connectivity index (χ0v) is 15.2. The predicted octanol–water partition coefficient (Wildman–Crippen LogP) is 4.01. The van der Waals surface area contributed by atoms with Gasteiger partial charge in [0.25, 0.3) is 11.8 Å². The van der Waals surface area contributed by atoms with Gasteiger partial charge in [-0.25, -0.2) is 0 Å². The number of amides is 2. The van der Waals surface area contributed by atoms with E-state index in [1.54, 1.807) is 37.4 Å². The minimum Gasteiger partial charge on any atom is -0.385 e. The average molecular weight is 381 g/mol. The van der Waals surface area contributed by atoms with Crippen LogP contribution in [0.15, 0.2) is 42.5 Å². The lowest BCUT2D eigenvalue weighted by molar-refractivity contribution is 0.0947. The summed E-state index contributed by atoms with van der Waals surface area (Å²) in [7, 11) is 1.61. The van der Waals surface area contributed by atoms with Gasteiger partial charge in [-0.05, 0) is 42.8 Å². The summed E-state index contributed by atoms with van der Waals surface area (Å²) in [6, 6.07) is 11.3. The Labute approximate surface area is 156 Å². The number of ether oxygens (including phenoxy) is 1. The maximum atomic E-state index is 12.3. The Balaban J connectivity index is 2.03. The SMILES string of the molecule is COCCCNC(=O)c1cccc(NC(=O)c2cc(Cl)cc(Cl)c2)c1. The molecule has 2 N–H and O–H groups in total. The number of anilines is 1. The predicted molar refractivity (Wildman–Crippen MR) is 99.7 cm³/mol. The fourth-order valence-electron chi connectivity index (χ4n) is 2.15. The third-order valence-corrected chi connectivity index (χ3v) is 3.75. The number of rotatable bonds is 7. The number of halogens is 2. The van der Waals surface area contributed by atoms with Crippen LogP contribution in [0.5, 0.6) is 0 Å².